The predicted molar refractivity (Wildman–Crippen MR) is 87.0 cm³/mol. The monoisotopic (exact) mass is 309 g/mol. The number of benzene rings is 1. The Balaban J connectivity index is 1.97. The van der Waals surface area contributed by atoms with Crippen molar-refractivity contribution >= 4 is 22.7 Å². The van der Waals surface area contributed by atoms with Gasteiger partial charge in [0, 0.05) is 23.4 Å². The number of fused-ring (bicyclic) bond motifs is 1. The highest BCUT2D eigenvalue weighted by Gasteiger charge is 2.08. The first-order valence-electron chi connectivity index (χ1n) is 7.16. The molecule has 3 aromatic rings. The zero-order valence-corrected chi connectivity index (χ0v) is 13.0. The second kappa shape index (κ2) is 6.58. The van der Waals surface area contributed by atoms with Crippen LogP contribution in [0.25, 0.3) is 16.7 Å². The number of thioether (sulfide) groups is 1. The molecule has 0 aliphatic carbocycles. The number of nitrogens with zero attached hydrogens (tertiary/aromatic N) is 5. The second-order valence-corrected chi connectivity index (χ2v) is 5.90. The fourth-order valence-electron chi connectivity index (χ4n) is 2.10. The van der Waals surface area contributed by atoms with Crippen LogP contribution >= 0.6 is 11.8 Å². The molecule has 0 radical (unpaired) electrons. The van der Waals surface area contributed by atoms with Gasteiger partial charge in [0.25, 0.3) is 0 Å². The SMILES string of the molecule is CCCCSc1nccc(-n2ncc3ccc(C#N)cc32)n1. The van der Waals surface area contributed by atoms with E-state index in [1.165, 1.54) is 0 Å². The highest BCUT2D eigenvalue weighted by Crippen LogP contribution is 2.20. The van der Waals surface area contributed by atoms with Gasteiger partial charge in [-0.3, -0.25) is 0 Å². The molecule has 0 atom stereocenters. The fraction of sp³-hybridized carbons (Fsp3) is 0.250. The van der Waals surface area contributed by atoms with Crippen molar-refractivity contribution in [3.05, 3.63) is 42.2 Å². The Morgan fingerprint density at radius 3 is 3.05 bits per heavy atom. The molecule has 2 heterocycles. The topological polar surface area (TPSA) is 67.4 Å². The van der Waals surface area contributed by atoms with Crippen LogP contribution in [0.1, 0.15) is 25.3 Å². The van der Waals surface area contributed by atoms with Gasteiger partial charge in [0.05, 0.1) is 23.3 Å². The van der Waals surface area contributed by atoms with E-state index in [0.29, 0.717) is 5.56 Å². The number of unbranched alkanes of at least 4 members (excludes halogenated alkanes) is 1. The summed E-state index contributed by atoms with van der Waals surface area (Å²) in [5, 5.41) is 15.2. The van der Waals surface area contributed by atoms with Gasteiger partial charge in [-0.1, -0.05) is 25.1 Å². The van der Waals surface area contributed by atoms with E-state index in [1.54, 1.807) is 34.9 Å². The van der Waals surface area contributed by atoms with Crippen molar-refractivity contribution in [2.24, 2.45) is 0 Å². The molecule has 0 saturated carbocycles. The third-order valence-corrected chi connectivity index (χ3v) is 4.21. The highest BCUT2D eigenvalue weighted by molar-refractivity contribution is 7.99. The molecule has 0 aliphatic heterocycles. The van der Waals surface area contributed by atoms with E-state index in [-0.39, 0.29) is 0 Å². The summed E-state index contributed by atoms with van der Waals surface area (Å²) in [6.45, 7) is 2.17. The van der Waals surface area contributed by atoms with Crippen molar-refractivity contribution in [2.45, 2.75) is 24.9 Å². The summed E-state index contributed by atoms with van der Waals surface area (Å²) in [7, 11) is 0. The molecule has 0 amide bonds. The molecule has 0 N–H and O–H groups in total. The molecular formula is C16H15N5S. The van der Waals surface area contributed by atoms with E-state index in [2.05, 4.69) is 28.1 Å². The molecule has 5 nitrogen and oxygen atoms in total. The van der Waals surface area contributed by atoms with Crippen molar-refractivity contribution in [2.75, 3.05) is 5.75 Å². The van der Waals surface area contributed by atoms with Gasteiger partial charge in [-0.15, -0.1) is 0 Å². The first kappa shape index (κ1) is 14.5. The van der Waals surface area contributed by atoms with E-state index >= 15 is 0 Å². The van der Waals surface area contributed by atoms with Gasteiger partial charge >= 0.3 is 0 Å². The van der Waals surface area contributed by atoms with E-state index in [4.69, 9.17) is 5.26 Å². The van der Waals surface area contributed by atoms with Gasteiger partial charge in [0.15, 0.2) is 11.0 Å². The maximum Gasteiger partial charge on any atom is 0.189 e. The molecule has 0 saturated heterocycles. The van der Waals surface area contributed by atoms with E-state index in [1.807, 2.05) is 18.2 Å². The standard InChI is InChI=1S/C16H15N5S/c1-2-3-8-22-16-18-7-6-15(20-16)21-14-9-12(10-17)4-5-13(14)11-19-21/h4-7,9,11H,2-3,8H2,1H3. The lowest BCUT2D eigenvalue weighted by Gasteiger charge is -2.05. The van der Waals surface area contributed by atoms with Crippen LogP contribution in [0.4, 0.5) is 0 Å². The maximum atomic E-state index is 9.05. The van der Waals surface area contributed by atoms with Gasteiger partial charge in [-0.05, 0) is 24.6 Å². The molecule has 0 fully saturated rings. The van der Waals surface area contributed by atoms with E-state index in [9.17, 15) is 0 Å². The van der Waals surface area contributed by atoms with Crippen molar-refractivity contribution in [1.29, 1.82) is 5.26 Å². The number of nitriles is 1. The third-order valence-electron chi connectivity index (χ3n) is 3.26. The zero-order chi connectivity index (χ0) is 15.4. The van der Waals surface area contributed by atoms with Gasteiger partial charge in [0.2, 0.25) is 0 Å². The van der Waals surface area contributed by atoms with Crippen LogP contribution in [0, 0.1) is 11.3 Å². The number of rotatable bonds is 5. The van der Waals surface area contributed by atoms with Crippen LogP contribution in [0.15, 0.2) is 41.8 Å². The number of hydrogen-bond donors (Lipinski definition) is 0. The molecule has 6 heteroatoms. The molecule has 0 unspecified atom stereocenters. The summed E-state index contributed by atoms with van der Waals surface area (Å²) in [4.78, 5) is 8.86. The van der Waals surface area contributed by atoms with Gasteiger partial charge < -0.3 is 0 Å². The third kappa shape index (κ3) is 2.95. The molecular weight excluding hydrogens is 294 g/mol. The highest BCUT2D eigenvalue weighted by atomic mass is 32.2. The van der Waals surface area contributed by atoms with Crippen LogP contribution in [-0.4, -0.2) is 25.5 Å². The van der Waals surface area contributed by atoms with Crippen LogP contribution in [0.3, 0.4) is 0 Å². The number of hydrogen-bond acceptors (Lipinski definition) is 5. The Morgan fingerprint density at radius 2 is 2.23 bits per heavy atom. The van der Waals surface area contributed by atoms with E-state index < -0.39 is 0 Å². The van der Waals surface area contributed by atoms with Gasteiger partial charge in [0.1, 0.15) is 0 Å². The minimum absolute atomic E-state index is 0.612. The molecule has 2 aromatic heterocycles. The lowest BCUT2D eigenvalue weighted by molar-refractivity contribution is 0.824. The van der Waals surface area contributed by atoms with Crippen molar-refractivity contribution in [3.63, 3.8) is 0 Å². The van der Waals surface area contributed by atoms with Crippen molar-refractivity contribution < 1.29 is 0 Å². The molecule has 3 rings (SSSR count). The second-order valence-electron chi connectivity index (χ2n) is 4.84. The van der Waals surface area contributed by atoms with E-state index in [0.717, 1.165) is 40.5 Å². The normalized spacial score (nSPS) is 10.7. The lowest BCUT2D eigenvalue weighted by Crippen LogP contribution is -2.01. The zero-order valence-electron chi connectivity index (χ0n) is 12.2. The molecule has 110 valence electrons. The summed E-state index contributed by atoms with van der Waals surface area (Å²) >= 11 is 1.65. The molecule has 0 spiro atoms. The first-order valence-corrected chi connectivity index (χ1v) is 8.14. The fourth-order valence-corrected chi connectivity index (χ4v) is 3.01. The van der Waals surface area contributed by atoms with Crippen LogP contribution in [0.5, 0.6) is 0 Å². The quantitative estimate of drug-likeness (QED) is 0.409. The van der Waals surface area contributed by atoms with Gasteiger partial charge in [-0.25, -0.2) is 14.6 Å². The van der Waals surface area contributed by atoms with Crippen molar-refractivity contribution in [1.82, 2.24) is 19.7 Å². The molecule has 0 aliphatic rings. The average molecular weight is 309 g/mol. The Morgan fingerprint density at radius 1 is 1.32 bits per heavy atom. The Kier molecular flexibility index (Phi) is 4.35. The molecule has 0 bridgehead atoms. The van der Waals surface area contributed by atoms with Crippen molar-refractivity contribution in [3.8, 4) is 11.9 Å². The van der Waals surface area contributed by atoms with Crippen LogP contribution < -0.4 is 0 Å². The Labute approximate surface area is 133 Å². The molecule has 1 aromatic carbocycles. The summed E-state index contributed by atoms with van der Waals surface area (Å²) in [5.41, 5.74) is 1.49. The van der Waals surface area contributed by atoms with Gasteiger partial charge in [-0.2, -0.15) is 10.4 Å². The number of aromatic nitrogens is 4. The minimum atomic E-state index is 0.612. The van der Waals surface area contributed by atoms with Crippen LogP contribution in [-0.2, 0) is 0 Å². The first-order chi connectivity index (χ1) is 10.8. The predicted octanol–water partition coefficient (Wildman–Crippen LogP) is 3.58. The maximum absolute atomic E-state index is 9.05. The summed E-state index contributed by atoms with van der Waals surface area (Å²) in [6.07, 6.45) is 5.84. The molecule has 22 heavy (non-hydrogen) atoms. The Hall–Kier alpha value is -2.39. The largest absolute Gasteiger partial charge is 0.231 e. The summed E-state index contributed by atoms with van der Waals surface area (Å²) in [5.74, 6) is 1.73. The Bertz CT molecular complexity index is 834. The average Bonchev–Trinajstić information content (AvgIpc) is 2.98. The van der Waals surface area contributed by atoms with Crippen LogP contribution in [0.2, 0.25) is 0 Å². The minimum Gasteiger partial charge on any atom is -0.231 e. The smallest absolute Gasteiger partial charge is 0.189 e. The summed E-state index contributed by atoms with van der Waals surface area (Å²) in [6, 6.07) is 9.50. The summed E-state index contributed by atoms with van der Waals surface area (Å²) < 4.78 is 1.75. The lowest BCUT2D eigenvalue weighted by atomic mass is 10.2.